The fraction of sp³-hybridized carbons (Fsp3) is 0.722. The van der Waals surface area contributed by atoms with Gasteiger partial charge in [-0.3, -0.25) is 33.6 Å². The number of cyclic esters (lactones) is 2. The van der Waals surface area contributed by atoms with E-state index < -0.39 is 114 Å². The van der Waals surface area contributed by atoms with Gasteiger partial charge < -0.3 is 50.2 Å². The SMILES string of the molecule is CCCCNC(=O)N(C)[C@H](CC(C)C)C(=O)N[C@@H]1C(=O)N[C@H]([C@@H](C)CC)CCC(=O)O[C@@H](C(C)C)C(=O)[C@H](C)C(=O)N[C@@H](CC(C)C)C(=O)N2CCC[C@H]2C(=O)N(C)[C@@H](Cc2ccc(OC)cc2)C(=O)O[C@@H]1C. The minimum absolute atomic E-state index is 0.0492. The van der Waals surface area contributed by atoms with Crippen LogP contribution in [0.25, 0.3) is 0 Å². The minimum atomic E-state index is -1.55. The Balaban J connectivity index is 2.24. The number of esters is 2. The summed E-state index contributed by atoms with van der Waals surface area (Å²) < 4.78 is 17.3. The lowest BCUT2D eigenvalue weighted by Gasteiger charge is -2.35. The molecule has 19 nitrogen and oxygen atoms in total. The molecule has 0 bridgehead atoms. The maximum absolute atomic E-state index is 14.8. The maximum atomic E-state index is 14.8. The van der Waals surface area contributed by atoms with E-state index in [1.54, 1.807) is 38.1 Å². The van der Waals surface area contributed by atoms with Crippen LogP contribution in [0.1, 0.15) is 140 Å². The molecule has 0 radical (unpaired) electrons. The van der Waals surface area contributed by atoms with Crippen LogP contribution in [-0.4, -0.2) is 151 Å². The van der Waals surface area contributed by atoms with Crippen molar-refractivity contribution in [3.63, 3.8) is 0 Å². The molecule has 2 aliphatic heterocycles. The van der Waals surface area contributed by atoms with Gasteiger partial charge in [0, 0.05) is 46.1 Å². The molecule has 410 valence electrons. The van der Waals surface area contributed by atoms with Gasteiger partial charge in [-0.1, -0.05) is 87.3 Å². The van der Waals surface area contributed by atoms with Crippen molar-refractivity contribution in [1.82, 2.24) is 36.0 Å². The number of ether oxygens (including phenoxy) is 3. The number of urea groups is 1. The number of nitrogens with one attached hydrogen (secondary N) is 4. The van der Waals surface area contributed by atoms with Crippen LogP contribution in [0.2, 0.25) is 0 Å². The number of fused-ring (bicyclic) bond motifs is 1. The van der Waals surface area contributed by atoms with Gasteiger partial charge in [-0.05, 0) is 93.7 Å². The number of Topliss-reactive ketones (excluding diaryl/α,β-unsaturated/α-hetero) is 1. The van der Waals surface area contributed by atoms with Crippen LogP contribution in [0, 0.1) is 29.6 Å². The Hall–Kier alpha value is -5.75. The van der Waals surface area contributed by atoms with E-state index in [0.717, 1.165) is 12.8 Å². The van der Waals surface area contributed by atoms with Crippen molar-refractivity contribution in [3.8, 4) is 5.75 Å². The summed E-state index contributed by atoms with van der Waals surface area (Å²) in [5.74, 6) is -7.25. The smallest absolute Gasteiger partial charge is 0.329 e. The molecule has 1 aromatic carbocycles. The van der Waals surface area contributed by atoms with Gasteiger partial charge in [-0.25, -0.2) is 9.59 Å². The molecule has 2 saturated heterocycles. The van der Waals surface area contributed by atoms with E-state index in [9.17, 15) is 43.2 Å². The fourth-order valence-corrected chi connectivity index (χ4v) is 9.16. The molecule has 73 heavy (non-hydrogen) atoms. The van der Waals surface area contributed by atoms with Crippen molar-refractivity contribution in [2.75, 3.05) is 34.3 Å². The highest BCUT2D eigenvalue weighted by atomic mass is 16.6. The average Bonchev–Trinajstić information content (AvgIpc) is 3.84. The largest absolute Gasteiger partial charge is 0.497 e. The number of likely N-dealkylation sites (N-methyl/N-ethyl adjacent to an activating group) is 2. The first-order chi connectivity index (χ1) is 34.4. The van der Waals surface area contributed by atoms with Crippen LogP contribution in [0.15, 0.2) is 24.3 Å². The number of rotatable bonds is 16. The van der Waals surface area contributed by atoms with Crippen molar-refractivity contribution in [2.45, 2.75) is 189 Å². The quantitative estimate of drug-likeness (QED) is 0.0977. The molecule has 10 atom stereocenters. The van der Waals surface area contributed by atoms with Crippen LogP contribution in [-0.2, 0) is 54.3 Å². The predicted octanol–water partition coefficient (Wildman–Crippen LogP) is 4.96. The van der Waals surface area contributed by atoms with Gasteiger partial charge in [-0.15, -0.1) is 0 Å². The van der Waals surface area contributed by atoms with E-state index in [1.165, 1.54) is 49.8 Å². The third kappa shape index (κ3) is 17.7. The Bertz CT molecular complexity index is 2050. The molecular formula is C54H87N7O12. The normalized spacial score (nSPS) is 25.4. The topological polar surface area (TPSA) is 239 Å². The van der Waals surface area contributed by atoms with Gasteiger partial charge in [-0.2, -0.15) is 0 Å². The highest BCUT2D eigenvalue weighted by Gasteiger charge is 2.44. The highest BCUT2D eigenvalue weighted by molar-refractivity contribution is 6.05. The molecule has 19 heteroatoms. The molecule has 0 aromatic heterocycles. The van der Waals surface area contributed by atoms with E-state index in [0.29, 0.717) is 30.7 Å². The second kappa shape index (κ2) is 29.2. The molecule has 3 rings (SSSR count). The summed E-state index contributed by atoms with van der Waals surface area (Å²) in [7, 11) is 4.46. The van der Waals surface area contributed by atoms with Crippen molar-refractivity contribution >= 4 is 53.3 Å². The number of hydrogen-bond acceptors (Lipinski definition) is 12. The summed E-state index contributed by atoms with van der Waals surface area (Å²) in [5.41, 5.74) is 0.629. The molecule has 2 aliphatic rings. The highest BCUT2D eigenvalue weighted by Crippen LogP contribution is 2.26. The van der Waals surface area contributed by atoms with E-state index in [4.69, 9.17) is 14.2 Å². The summed E-state index contributed by atoms with van der Waals surface area (Å²) in [6.07, 6.45) is 0.297. The van der Waals surface area contributed by atoms with Crippen molar-refractivity contribution in [3.05, 3.63) is 29.8 Å². The number of carbonyl (C=O) groups excluding carboxylic acids is 9. The van der Waals surface area contributed by atoms with Gasteiger partial charge in [0.25, 0.3) is 0 Å². The lowest BCUT2D eigenvalue weighted by molar-refractivity contribution is -0.162. The predicted molar refractivity (Wildman–Crippen MR) is 276 cm³/mol. The summed E-state index contributed by atoms with van der Waals surface area (Å²) in [5, 5.41) is 11.4. The average molecular weight is 1030 g/mol. The Morgan fingerprint density at radius 3 is 2.11 bits per heavy atom. The zero-order chi connectivity index (χ0) is 54.9. The van der Waals surface area contributed by atoms with E-state index in [2.05, 4.69) is 21.3 Å². The number of unbranched alkanes of at least 4 members (excludes halogenated alkanes) is 1. The van der Waals surface area contributed by atoms with E-state index in [1.807, 2.05) is 48.5 Å². The first kappa shape index (κ1) is 61.5. The van der Waals surface area contributed by atoms with Gasteiger partial charge in [0.15, 0.2) is 11.9 Å². The van der Waals surface area contributed by atoms with Crippen LogP contribution < -0.4 is 26.0 Å². The summed E-state index contributed by atoms with van der Waals surface area (Å²) >= 11 is 0. The second-order valence-electron chi connectivity index (χ2n) is 21.2. The number of methoxy groups -OCH3 is 1. The Kier molecular flexibility index (Phi) is 24.6. The van der Waals surface area contributed by atoms with Crippen LogP contribution in [0.5, 0.6) is 5.75 Å². The molecule has 2 heterocycles. The zero-order valence-corrected chi connectivity index (χ0v) is 46.0. The van der Waals surface area contributed by atoms with Gasteiger partial charge >= 0.3 is 18.0 Å². The summed E-state index contributed by atoms with van der Waals surface area (Å²) in [6.45, 7) is 20.1. The molecule has 4 N–H and O–H groups in total. The van der Waals surface area contributed by atoms with Crippen molar-refractivity contribution in [2.24, 2.45) is 29.6 Å². The Labute approximate surface area is 433 Å². The van der Waals surface area contributed by atoms with E-state index in [-0.39, 0.29) is 62.8 Å². The van der Waals surface area contributed by atoms with Crippen LogP contribution in [0.3, 0.4) is 0 Å². The lowest BCUT2D eigenvalue weighted by Crippen LogP contribution is -2.61. The standard InChI is InChI=1S/C54H87N7O12/c1-15-17-26-55-54(70)60(13)42(29-32(5)6)49(65)58-45-36(11)72-53(69)43(30-37-20-22-38(71-14)23-21-37)59(12)52(68)41-19-18-27-61(41)51(67)40(28-31(3)4)57-48(64)35(10)46(63)47(33(7)8)73-44(62)25-24-39(34(9)16-2)56-50(45)66/h20-23,31-36,39-43,45,47H,15-19,24-30H2,1-14H3,(H,55,70)(H,56,66)(H,57,64)(H,58,65)/t34-,35-,36+,39-,40-,41-,42+,43-,45-,47-/m0/s1. The molecule has 1 aromatic rings. The fourth-order valence-electron chi connectivity index (χ4n) is 9.16. The first-order valence-corrected chi connectivity index (χ1v) is 26.4. The number of ketones is 1. The number of carbonyl (C=O) groups is 9. The number of hydrogen-bond donors (Lipinski definition) is 4. The third-order valence-corrected chi connectivity index (χ3v) is 14.0. The van der Waals surface area contributed by atoms with Gasteiger partial charge in [0.1, 0.15) is 42.1 Å². The van der Waals surface area contributed by atoms with Gasteiger partial charge in [0.05, 0.1) is 13.0 Å². The maximum Gasteiger partial charge on any atom is 0.329 e. The first-order valence-electron chi connectivity index (χ1n) is 26.4. The van der Waals surface area contributed by atoms with Crippen molar-refractivity contribution in [1.29, 1.82) is 0 Å². The minimum Gasteiger partial charge on any atom is -0.497 e. The van der Waals surface area contributed by atoms with E-state index >= 15 is 0 Å². The molecular weight excluding hydrogens is 939 g/mol. The number of amides is 7. The molecule has 0 saturated carbocycles. The number of benzene rings is 1. The van der Waals surface area contributed by atoms with Gasteiger partial charge in [0.2, 0.25) is 29.5 Å². The lowest BCUT2D eigenvalue weighted by atomic mass is 9.92. The second-order valence-corrected chi connectivity index (χ2v) is 21.2. The summed E-state index contributed by atoms with van der Waals surface area (Å²) in [4.78, 5) is 132. The Morgan fingerprint density at radius 2 is 1.53 bits per heavy atom. The molecule has 7 amide bonds. The monoisotopic (exact) mass is 1030 g/mol. The molecule has 0 spiro atoms. The number of nitrogens with zero attached hydrogens (tertiary/aromatic N) is 3. The van der Waals surface area contributed by atoms with Crippen LogP contribution in [0.4, 0.5) is 4.79 Å². The van der Waals surface area contributed by atoms with Crippen molar-refractivity contribution < 1.29 is 57.4 Å². The molecule has 0 unspecified atom stereocenters. The molecule has 2 fully saturated rings. The Morgan fingerprint density at radius 1 is 0.877 bits per heavy atom. The third-order valence-electron chi connectivity index (χ3n) is 14.0. The molecule has 0 aliphatic carbocycles. The van der Waals surface area contributed by atoms with Crippen LogP contribution >= 0.6 is 0 Å². The summed E-state index contributed by atoms with van der Waals surface area (Å²) in [6, 6.07) is -0.363. The zero-order valence-electron chi connectivity index (χ0n) is 46.0.